The maximum absolute atomic E-state index is 5.88. The van der Waals surface area contributed by atoms with Crippen molar-refractivity contribution >= 4 is 5.71 Å². The highest BCUT2D eigenvalue weighted by Gasteiger charge is 2.52. The summed E-state index contributed by atoms with van der Waals surface area (Å²) in [5, 5.41) is 4.36. The molecule has 4 aliphatic heterocycles. The molecule has 0 aromatic heterocycles. The zero-order chi connectivity index (χ0) is 11.2. The van der Waals surface area contributed by atoms with Crippen LogP contribution in [-0.4, -0.2) is 35.8 Å². The summed E-state index contributed by atoms with van der Waals surface area (Å²) in [6.07, 6.45) is 4.82. The maximum Gasteiger partial charge on any atom is 0.158 e. The van der Waals surface area contributed by atoms with Gasteiger partial charge in [-0.05, 0) is 38.3 Å². The Kier molecular flexibility index (Phi) is 2.46. The molecule has 0 radical (unpaired) electrons. The predicted octanol–water partition coefficient (Wildman–Crippen LogP) is 2.27. The van der Waals surface area contributed by atoms with Gasteiger partial charge in [0.1, 0.15) is 0 Å². The topological polar surface area (TPSA) is 24.8 Å². The number of rotatable bonds is 2. The number of nitrogens with zero attached hydrogens (tertiary/aromatic N) is 2. The number of fused-ring (bicyclic) bond motifs is 2. The van der Waals surface area contributed by atoms with E-state index in [2.05, 4.69) is 23.9 Å². The lowest BCUT2D eigenvalue weighted by molar-refractivity contribution is -0.136. The second-order valence-corrected chi connectivity index (χ2v) is 6.14. The van der Waals surface area contributed by atoms with Crippen molar-refractivity contribution in [2.24, 2.45) is 17.0 Å². The molecule has 90 valence electrons. The molecule has 1 unspecified atom stereocenters. The summed E-state index contributed by atoms with van der Waals surface area (Å²) >= 11 is 0. The van der Waals surface area contributed by atoms with Gasteiger partial charge in [-0.3, -0.25) is 4.90 Å². The van der Waals surface area contributed by atoms with E-state index < -0.39 is 0 Å². The lowest BCUT2D eigenvalue weighted by Gasteiger charge is -2.49. The van der Waals surface area contributed by atoms with Crippen LogP contribution in [0.2, 0.25) is 0 Å². The van der Waals surface area contributed by atoms with Gasteiger partial charge >= 0.3 is 0 Å². The van der Waals surface area contributed by atoms with Gasteiger partial charge in [0.05, 0.1) is 5.71 Å². The van der Waals surface area contributed by atoms with Gasteiger partial charge in [0.2, 0.25) is 0 Å². The quantitative estimate of drug-likeness (QED) is 0.716. The summed E-state index contributed by atoms with van der Waals surface area (Å²) in [7, 11) is 0. The minimum Gasteiger partial charge on any atom is -0.387 e. The van der Waals surface area contributed by atoms with Crippen molar-refractivity contribution in [3.05, 3.63) is 0 Å². The molecule has 0 saturated carbocycles. The first-order valence-corrected chi connectivity index (χ1v) is 6.64. The van der Waals surface area contributed by atoms with Crippen molar-refractivity contribution in [1.82, 2.24) is 4.90 Å². The van der Waals surface area contributed by atoms with Crippen molar-refractivity contribution in [2.75, 3.05) is 19.6 Å². The molecule has 3 nitrogen and oxygen atoms in total. The third-order valence-corrected chi connectivity index (χ3v) is 4.33. The fourth-order valence-electron chi connectivity index (χ4n) is 3.57. The van der Waals surface area contributed by atoms with Crippen LogP contribution >= 0.6 is 0 Å². The van der Waals surface area contributed by atoms with Gasteiger partial charge in [0.25, 0.3) is 0 Å². The van der Waals surface area contributed by atoms with Gasteiger partial charge < -0.3 is 4.84 Å². The summed E-state index contributed by atoms with van der Waals surface area (Å²) in [6.45, 7) is 8.17. The Hall–Kier alpha value is -0.570. The van der Waals surface area contributed by atoms with Crippen LogP contribution < -0.4 is 0 Å². The van der Waals surface area contributed by atoms with Crippen molar-refractivity contribution in [3.63, 3.8) is 0 Å². The van der Waals surface area contributed by atoms with Crippen LogP contribution in [0.5, 0.6) is 0 Å². The molecule has 0 aromatic rings. The summed E-state index contributed by atoms with van der Waals surface area (Å²) < 4.78 is 0. The van der Waals surface area contributed by atoms with E-state index in [1.807, 2.05) is 0 Å². The smallest absolute Gasteiger partial charge is 0.158 e. The molecule has 2 bridgehead atoms. The van der Waals surface area contributed by atoms with Crippen molar-refractivity contribution in [2.45, 2.75) is 45.1 Å². The molecule has 4 heterocycles. The van der Waals surface area contributed by atoms with Crippen molar-refractivity contribution in [1.29, 1.82) is 0 Å². The van der Waals surface area contributed by atoms with Gasteiger partial charge in [-0.1, -0.05) is 19.0 Å². The molecule has 1 atom stereocenters. The minimum atomic E-state index is 0.0702. The SMILES string of the molecule is CC(C)CC1=NOC2(C1)CN1CCC2CC1. The molecule has 3 heteroatoms. The molecular formula is C13H22N2O. The lowest BCUT2D eigenvalue weighted by atomic mass is 9.72. The maximum atomic E-state index is 5.88. The lowest BCUT2D eigenvalue weighted by Crippen LogP contribution is -2.59. The monoisotopic (exact) mass is 222 g/mol. The average Bonchev–Trinajstić information content (AvgIpc) is 2.62. The standard InChI is InChI=1S/C13H22N2O/c1-10(2)7-12-8-13(16-14-12)9-15-5-3-11(13)4-6-15/h10-11H,3-9H2,1-2H3. The molecule has 3 saturated heterocycles. The van der Waals surface area contributed by atoms with Crippen LogP contribution in [0.3, 0.4) is 0 Å². The van der Waals surface area contributed by atoms with Gasteiger partial charge in [0.15, 0.2) is 5.60 Å². The Morgan fingerprint density at radius 3 is 2.75 bits per heavy atom. The van der Waals surface area contributed by atoms with Crippen LogP contribution in [-0.2, 0) is 4.84 Å². The molecule has 16 heavy (non-hydrogen) atoms. The molecule has 1 spiro atoms. The Morgan fingerprint density at radius 2 is 2.19 bits per heavy atom. The van der Waals surface area contributed by atoms with E-state index >= 15 is 0 Å². The van der Waals surface area contributed by atoms with Gasteiger partial charge in [0, 0.05) is 18.9 Å². The molecule has 3 fully saturated rings. The van der Waals surface area contributed by atoms with E-state index in [9.17, 15) is 0 Å². The summed E-state index contributed by atoms with van der Waals surface area (Å²) in [6, 6.07) is 0. The summed E-state index contributed by atoms with van der Waals surface area (Å²) in [4.78, 5) is 8.42. The summed E-state index contributed by atoms with van der Waals surface area (Å²) in [5.74, 6) is 1.45. The van der Waals surface area contributed by atoms with E-state index in [0.29, 0.717) is 5.92 Å². The predicted molar refractivity (Wildman–Crippen MR) is 64.5 cm³/mol. The largest absolute Gasteiger partial charge is 0.387 e. The van der Waals surface area contributed by atoms with E-state index in [1.165, 1.54) is 31.6 Å². The summed E-state index contributed by atoms with van der Waals surface area (Å²) in [5.41, 5.74) is 1.37. The first kappa shape index (κ1) is 10.6. The average molecular weight is 222 g/mol. The highest BCUT2D eigenvalue weighted by Crippen LogP contribution is 2.43. The van der Waals surface area contributed by atoms with Gasteiger partial charge in [-0.15, -0.1) is 0 Å². The van der Waals surface area contributed by atoms with Crippen molar-refractivity contribution in [3.8, 4) is 0 Å². The Morgan fingerprint density at radius 1 is 1.44 bits per heavy atom. The molecule has 0 aliphatic carbocycles. The second-order valence-electron chi connectivity index (χ2n) is 6.14. The first-order chi connectivity index (χ1) is 7.68. The van der Waals surface area contributed by atoms with E-state index in [1.54, 1.807) is 0 Å². The number of oxime groups is 1. The van der Waals surface area contributed by atoms with Gasteiger partial charge in [-0.2, -0.15) is 0 Å². The van der Waals surface area contributed by atoms with E-state index in [0.717, 1.165) is 25.3 Å². The first-order valence-electron chi connectivity index (χ1n) is 6.64. The molecule has 0 aromatic carbocycles. The van der Waals surface area contributed by atoms with E-state index in [-0.39, 0.29) is 5.60 Å². The van der Waals surface area contributed by atoms with Crippen LogP contribution in [0.4, 0.5) is 0 Å². The van der Waals surface area contributed by atoms with Crippen molar-refractivity contribution < 1.29 is 4.84 Å². The number of hydrogen-bond acceptors (Lipinski definition) is 3. The fraction of sp³-hybridized carbons (Fsp3) is 0.923. The molecular weight excluding hydrogens is 200 g/mol. The third-order valence-electron chi connectivity index (χ3n) is 4.33. The van der Waals surface area contributed by atoms with Crippen LogP contribution in [0.15, 0.2) is 5.16 Å². The highest BCUT2D eigenvalue weighted by atomic mass is 16.7. The molecule has 0 amide bonds. The minimum absolute atomic E-state index is 0.0702. The number of piperidine rings is 3. The zero-order valence-corrected chi connectivity index (χ0v) is 10.4. The second kappa shape index (κ2) is 3.73. The molecule has 4 aliphatic rings. The molecule has 4 rings (SSSR count). The Labute approximate surface area is 97.8 Å². The molecule has 0 N–H and O–H groups in total. The fourth-order valence-corrected chi connectivity index (χ4v) is 3.57. The zero-order valence-electron chi connectivity index (χ0n) is 10.4. The number of hydrogen-bond donors (Lipinski definition) is 0. The Bertz CT molecular complexity index is 305. The van der Waals surface area contributed by atoms with Crippen LogP contribution in [0.25, 0.3) is 0 Å². The Balaban J connectivity index is 1.69. The van der Waals surface area contributed by atoms with E-state index in [4.69, 9.17) is 4.84 Å². The van der Waals surface area contributed by atoms with Gasteiger partial charge in [-0.25, -0.2) is 0 Å². The normalized spacial score (nSPS) is 41.6. The van der Waals surface area contributed by atoms with Crippen LogP contribution in [0.1, 0.15) is 39.5 Å². The van der Waals surface area contributed by atoms with Crippen LogP contribution in [0, 0.1) is 11.8 Å². The highest BCUT2D eigenvalue weighted by molar-refractivity contribution is 5.86. The third kappa shape index (κ3) is 1.65.